The first-order valence-corrected chi connectivity index (χ1v) is 17.4. The van der Waals surface area contributed by atoms with Crippen LogP contribution in [0.25, 0.3) is 21.5 Å². The molecule has 0 fully saturated rings. The zero-order valence-corrected chi connectivity index (χ0v) is 27.5. The standard InChI is InChI=1S/C47H41N/c1-34-32-41(48(40-20-6-3-7-21-40)47-25-13-19-37-17-9-11-23-44(37)47)30-31-42(34)39-28-26-35(27-29-39)33-46(38-14-4-2-5-15-38)45-24-12-18-36-16-8-10-22-43(36)45/h2-28,30-32,34,39,42,46H,29,33H2,1H3. The Bertz CT molecular complexity index is 2160. The van der Waals surface area contributed by atoms with Crippen LogP contribution >= 0.6 is 0 Å². The highest BCUT2D eigenvalue weighted by molar-refractivity contribution is 5.97. The first-order chi connectivity index (χ1) is 23.7. The largest absolute Gasteiger partial charge is 0.310 e. The van der Waals surface area contributed by atoms with E-state index in [0.717, 1.165) is 12.8 Å². The summed E-state index contributed by atoms with van der Waals surface area (Å²) in [5.41, 5.74) is 7.85. The number of rotatable bonds is 8. The molecule has 4 atom stereocenters. The number of fused-ring (bicyclic) bond motifs is 2. The molecular weight excluding hydrogens is 579 g/mol. The van der Waals surface area contributed by atoms with Crippen molar-refractivity contribution in [2.24, 2.45) is 17.8 Å². The van der Waals surface area contributed by atoms with Gasteiger partial charge in [-0.2, -0.15) is 0 Å². The van der Waals surface area contributed by atoms with E-state index in [0.29, 0.717) is 23.7 Å². The Hall–Kier alpha value is -5.40. The molecule has 8 rings (SSSR count). The molecule has 4 unspecified atom stereocenters. The highest BCUT2D eigenvalue weighted by Gasteiger charge is 2.28. The molecule has 0 saturated heterocycles. The second-order valence-electron chi connectivity index (χ2n) is 13.3. The number of para-hydroxylation sites is 1. The zero-order valence-electron chi connectivity index (χ0n) is 27.5. The molecule has 6 aromatic carbocycles. The van der Waals surface area contributed by atoms with Crippen LogP contribution < -0.4 is 4.90 Å². The molecule has 2 aliphatic carbocycles. The van der Waals surface area contributed by atoms with Gasteiger partial charge in [-0.15, -0.1) is 0 Å². The second-order valence-corrected chi connectivity index (χ2v) is 13.3. The maximum Gasteiger partial charge on any atom is 0.0539 e. The molecule has 1 nitrogen and oxygen atoms in total. The summed E-state index contributed by atoms with van der Waals surface area (Å²) in [5.74, 6) is 1.65. The summed E-state index contributed by atoms with van der Waals surface area (Å²) in [4.78, 5) is 2.43. The van der Waals surface area contributed by atoms with Crippen molar-refractivity contribution in [3.05, 3.63) is 204 Å². The minimum Gasteiger partial charge on any atom is -0.310 e. The van der Waals surface area contributed by atoms with Gasteiger partial charge in [0.05, 0.1) is 5.69 Å². The summed E-state index contributed by atoms with van der Waals surface area (Å²) in [6.07, 6.45) is 16.8. The Morgan fingerprint density at radius 1 is 0.625 bits per heavy atom. The lowest BCUT2D eigenvalue weighted by Gasteiger charge is -2.34. The van der Waals surface area contributed by atoms with Crippen LogP contribution in [-0.4, -0.2) is 0 Å². The Kier molecular flexibility index (Phi) is 8.35. The molecule has 2 aliphatic rings. The van der Waals surface area contributed by atoms with Gasteiger partial charge in [0.15, 0.2) is 0 Å². The monoisotopic (exact) mass is 619 g/mol. The molecule has 48 heavy (non-hydrogen) atoms. The molecule has 234 valence electrons. The molecule has 0 aromatic heterocycles. The van der Waals surface area contributed by atoms with E-state index in [1.165, 1.54) is 55.3 Å². The minimum atomic E-state index is 0.307. The van der Waals surface area contributed by atoms with Crippen molar-refractivity contribution in [3.63, 3.8) is 0 Å². The number of hydrogen-bond donors (Lipinski definition) is 0. The fourth-order valence-electron chi connectivity index (χ4n) is 7.91. The smallest absolute Gasteiger partial charge is 0.0539 e. The molecule has 0 radical (unpaired) electrons. The van der Waals surface area contributed by atoms with Crippen molar-refractivity contribution in [1.82, 2.24) is 0 Å². The molecule has 1 heteroatoms. The van der Waals surface area contributed by atoms with Gasteiger partial charge >= 0.3 is 0 Å². The fraction of sp³-hybridized carbons (Fsp3) is 0.149. The predicted molar refractivity (Wildman–Crippen MR) is 205 cm³/mol. The molecule has 0 bridgehead atoms. The van der Waals surface area contributed by atoms with E-state index in [1.54, 1.807) is 0 Å². The van der Waals surface area contributed by atoms with Gasteiger partial charge in [-0.25, -0.2) is 0 Å². The molecule has 0 amide bonds. The van der Waals surface area contributed by atoms with Crippen molar-refractivity contribution in [1.29, 1.82) is 0 Å². The Labute approximate surface area is 284 Å². The van der Waals surface area contributed by atoms with Gasteiger partial charge < -0.3 is 4.90 Å². The van der Waals surface area contributed by atoms with Crippen molar-refractivity contribution >= 4 is 32.9 Å². The van der Waals surface area contributed by atoms with Crippen LogP contribution in [0.4, 0.5) is 11.4 Å². The van der Waals surface area contributed by atoms with Crippen LogP contribution in [0.1, 0.15) is 36.8 Å². The first kappa shape index (κ1) is 30.0. The summed E-state index contributed by atoms with van der Waals surface area (Å²) >= 11 is 0. The van der Waals surface area contributed by atoms with E-state index in [-0.39, 0.29) is 0 Å². The molecule has 6 aromatic rings. The first-order valence-electron chi connectivity index (χ1n) is 17.4. The number of anilines is 2. The maximum absolute atomic E-state index is 2.51. The zero-order chi connectivity index (χ0) is 32.3. The van der Waals surface area contributed by atoms with Crippen molar-refractivity contribution in [2.45, 2.75) is 25.7 Å². The van der Waals surface area contributed by atoms with Crippen LogP contribution in [0.5, 0.6) is 0 Å². The van der Waals surface area contributed by atoms with Crippen LogP contribution in [-0.2, 0) is 0 Å². The molecule has 0 saturated carbocycles. The van der Waals surface area contributed by atoms with Crippen LogP contribution in [0.15, 0.2) is 193 Å². The third-order valence-electron chi connectivity index (χ3n) is 10.4. The average Bonchev–Trinajstić information content (AvgIpc) is 3.15. The van der Waals surface area contributed by atoms with E-state index in [1.807, 2.05) is 0 Å². The Morgan fingerprint density at radius 3 is 2.00 bits per heavy atom. The van der Waals surface area contributed by atoms with Gasteiger partial charge in [-0.05, 0) is 82.2 Å². The Morgan fingerprint density at radius 2 is 1.27 bits per heavy atom. The van der Waals surface area contributed by atoms with Gasteiger partial charge in [0.25, 0.3) is 0 Å². The molecule has 0 spiro atoms. The SMILES string of the molecule is CC1C=C(N(c2ccccc2)c2cccc3ccccc23)C=CC1C1C=CC(CC(c2ccccc2)c2cccc3ccccc23)=CC1. The fourth-order valence-corrected chi connectivity index (χ4v) is 7.91. The highest BCUT2D eigenvalue weighted by atomic mass is 15.1. The summed E-state index contributed by atoms with van der Waals surface area (Å²) in [7, 11) is 0. The average molecular weight is 620 g/mol. The predicted octanol–water partition coefficient (Wildman–Crippen LogP) is 12.6. The van der Waals surface area contributed by atoms with Crippen molar-refractivity contribution < 1.29 is 0 Å². The highest BCUT2D eigenvalue weighted by Crippen LogP contribution is 2.42. The number of allylic oxidation sites excluding steroid dienone is 7. The summed E-state index contributed by atoms with van der Waals surface area (Å²) in [6.45, 7) is 2.39. The van der Waals surface area contributed by atoms with Gasteiger partial charge in [0, 0.05) is 22.7 Å². The van der Waals surface area contributed by atoms with Gasteiger partial charge in [-0.3, -0.25) is 0 Å². The summed E-state index contributed by atoms with van der Waals surface area (Å²) in [5, 5.41) is 5.18. The lowest BCUT2D eigenvalue weighted by Crippen LogP contribution is -2.25. The van der Waals surface area contributed by atoms with Crippen molar-refractivity contribution in [2.75, 3.05) is 4.90 Å². The third-order valence-corrected chi connectivity index (χ3v) is 10.4. The molecular formula is C47H41N. The second kappa shape index (κ2) is 13.4. The van der Waals surface area contributed by atoms with E-state index in [9.17, 15) is 0 Å². The summed E-state index contributed by atoms with van der Waals surface area (Å²) in [6, 6.07) is 52.7. The topological polar surface area (TPSA) is 3.24 Å². The Balaban J connectivity index is 1.04. The van der Waals surface area contributed by atoms with Crippen LogP contribution in [0, 0.1) is 17.8 Å². The van der Waals surface area contributed by atoms with Crippen LogP contribution in [0.2, 0.25) is 0 Å². The lowest BCUT2D eigenvalue weighted by molar-refractivity contribution is 0.386. The normalized spacial score (nSPS) is 19.6. The molecule has 0 aliphatic heterocycles. The quantitative estimate of drug-likeness (QED) is 0.164. The van der Waals surface area contributed by atoms with E-state index in [2.05, 4.69) is 194 Å². The van der Waals surface area contributed by atoms with E-state index in [4.69, 9.17) is 0 Å². The van der Waals surface area contributed by atoms with Gasteiger partial charge in [-0.1, -0.05) is 170 Å². The minimum absolute atomic E-state index is 0.307. The van der Waals surface area contributed by atoms with Crippen LogP contribution in [0.3, 0.4) is 0 Å². The lowest BCUT2D eigenvalue weighted by atomic mass is 9.75. The van der Waals surface area contributed by atoms with Crippen molar-refractivity contribution in [3.8, 4) is 0 Å². The van der Waals surface area contributed by atoms with Gasteiger partial charge in [0.1, 0.15) is 0 Å². The van der Waals surface area contributed by atoms with Gasteiger partial charge in [0.2, 0.25) is 0 Å². The molecule has 0 heterocycles. The number of benzene rings is 6. The van der Waals surface area contributed by atoms with E-state index < -0.39 is 0 Å². The maximum atomic E-state index is 2.51. The molecule has 0 N–H and O–H groups in total. The third kappa shape index (κ3) is 5.93. The summed E-state index contributed by atoms with van der Waals surface area (Å²) < 4.78 is 0. The number of hydrogen-bond acceptors (Lipinski definition) is 1. The van der Waals surface area contributed by atoms with E-state index >= 15 is 0 Å². The number of nitrogens with zero attached hydrogens (tertiary/aromatic N) is 1.